The van der Waals surface area contributed by atoms with Crippen molar-refractivity contribution in [1.82, 2.24) is 4.98 Å². The minimum absolute atomic E-state index is 0.112. The summed E-state index contributed by atoms with van der Waals surface area (Å²) < 4.78 is 1.23. The van der Waals surface area contributed by atoms with E-state index >= 15 is 0 Å². The molecule has 0 amide bonds. The van der Waals surface area contributed by atoms with Gasteiger partial charge in [0.05, 0.1) is 10.2 Å². The first-order valence-corrected chi connectivity index (χ1v) is 16.9. The van der Waals surface area contributed by atoms with E-state index in [1.807, 2.05) is 0 Å². The summed E-state index contributed by atoms with van der Waals surface area (Å²) in [6, 6.07) is 57.0. The van der Waals surface area contributed by atoms with Crippen molar-refractivity contribution in [2.24, 2.45) is 0 Å². The van der Waals surface area contributed by atoms with Crippen LogP contribution in [0.3, 0.4) is 0 Å². The van der Waals surface area contributed by atoms with E-state index in [0.717, 1.165) is 27.6 Å². The third kappa shape index (κ3) is 4.66. The molecule has 1 heterocycles. The molecule has 0 fully saturated rings. The van der Waals surface area contributed by atoms with Gasteiger partial charge in [-0.25, -0.2) is 4.98 Å². The van der Waals surface area contributed by atoms with Crippen LogP contribution in [0, 0.1) is 0 Å². The second-order valence-corrected chi connectivity index (χ2v) is 13.9. The largest absolute Gasteiger partial charge is 0.310 e. The molecule has 1 aliphatic carbocycles. The van der Waals surface area contributed by atoms with Gasteiger partial charge in [0.25, 0.3) is 0 Å². The smallest absolute Gasteiger partial charge is 0.124 e. The molecule has 7 aromatic carbocycles. The molecule has 8 aromatic rings. The van der Waals surface area contributed by atoms with Crippen LogP contribution in [0.15, 0.2) is 158 Å². The Kier molecular flexibility index (Phi) is 6.38. The standard InChI is InChI=1S/C44H32N2S/c1-44(2)39-26-32-20-23-36(46(34-16-10-5-11-17-34)35-21-18-30(19-22-35)29-12-6-3-7-13-29)24-33(32)25-37(39)38-27-42-41(28-40(38)44)45-43(47-42)31-14-8-4-9-15-31/h3-28H,1-2H3. The molecule has 2 nitrogen and oxygen atoms in total. The molecule has 1 aromatic heterocycles. The van der Waals surface area contributed by atoms with E-state index < -0.39 is 0 Å². The number of hydrogen-bond acceptors (Lipinski definition) is 3. The summed E-state index contributed by atoms with van der Waals surface area (Å²) in [4.78, 5) is 7.42. The minimum Gasteiger partial charge on any atom is -0.310 e. The van der Waals surface area contributed by atoms with Crippen molar-refractivity contribution in [3.05, 3.63) is 169 Å². The Labute approximate surface area is 279 Å². The number of thiazole rings is 1. The molecule has 1 aliphatic rings. The van der Waals surface area contributed by atoms with Crippen molar-refractivity contribution in [3.8, 4) is 32.8 Å². The summed E-state index contributed by atoms with van der Waals surface area (Å²) in [5, 5.41) is 3.57. The van der Waals surface area contributed by atoms with Gasteiger partial charge in [0, 0.05) is 28.0 Å². The Bertz CT molecular complexity index is 2410. The highest BCUT2D eigenvalue weighted by Crippen LogP contribution is 2.52. The lowest BCUT2D eigenvalue weighted by molar-refractivity contribution is 0.662. The Balaban J connectivity index is 1.16. The Morgan fingerprint density at radius 1 is 0.489 bits per heavy atom. The van der Waals surface area contributed by atoms with Crippen LogP contribution < -0.4 is 4.90 Å². The molecule has 0 aliphatic heterocycles. The number of hydrogen-bond donors (Lipinski definition) is 0. The number of rotatable bonds is 5. The van der Waals surface area contributed by atoms with Gasteiger partial charge in [-0.2, -0.15) is 0 Å². The predicted octanol–water partition coefficient (Wildman–Crippen LogP) is 12.6. The van der Waals surface area contributed by atoms with Gasteiger partial charge >= 0.3 is 0 Å². The summed E-state index contributed by atoms with van der Waals surface area (Å²) in [5.41, 5.74) is 13.4. The SMILES string of the molecule is CC1(C)c2cc3ccc(N(c4ccccc4)c4ccc(-c5ccccc5)cc4)cc3cc2-c2cc3sc(-c4ccccc4)nc3cc21. The number of benzene rings is 7. The van der Waals surface area contributed by atoms with Crippen LogP contribution in [0.5, 0.6) is 0 Å². The topological polar surface area (TPSA) is 16.1 Å². The minimum atomic E-state index is -0.112. The van der Waals surface area contributed by atoms with Gasteiger partial charge in [-0.05, 0) is 105 Å². The molecule has 0 saturated heterocycles. The van der Waals surface area contributed by atoms with E-state index in [1.54, 1.807) is 11.3 Å². The molecule has 224 valence electrons. The van der Waals surface area contributed by atoms with Gasteiger partial charge in [0.1, 0.15) is 5.01 Å². The summed E-state index contributed by atoms with van der Waals surface area (Å²) in [5.74, 6) is 0. The predicted molar refractivity (Wildman–Crippen MR) is 200 cm³/mol. The highest BCUT2D eigenvalue weighted by molar-refractivity contribution is 7.21. The second-order valence-electron chi connectivity index (χ2n) is 12.9. The van der Waals surface area contributed by atoms with E-state index in [-0.39, 0.29) is 5.41 Å². The summed E-state index contributed by atoms with van der Waals surface area (Å²) in [6.07, 6.45) is 0. The van der Waals surface area contributed by atoms with Crippen LogP contribution in [-0.4, -0.2) is 4.98 Å². The van der Waals surface area contributed by atoms with E-state index in [2.05, 4.69) is 176 Å². The molecule has 0 spiro atoms. The maximum Gasteiger partial charge on any atom is 0.124 e. The molecule has 3 heteroatoms. The average Bonchev–Trinajstić information content (AvgIpc) is 3.64. The number of anilines is 3. The highest BCUT2D eigenvalue weighted by atomic mass is 32.1. The number of aromatic nitrogens is 1. The van der Waals surface area contributed by atoms with Gasteiger partial charge in [-0.3, -0.25) is 0 Å². The first kappa shape index (κ1) is 27.8. The molecule has 0 saturated carbocycles. The Hall–Kier alpha value is -5.51. The molecule has 0 radical (unpaired) electrons. The monoisotopic (exact) mass is 620 g/mol. The zero-order valence-corrected chi connectivity index (χ0v) is 27.1. The quantitative estimate of drug-likeness (QED) is 0.190. The maximum absolute atomic E-state index is 5.07. The highest BCUT2D eigenvalue weighted by Gasteiger charge is 2.36. The molecule has 9 rings (SSSR count). The van der Waals surface area contributed by atoms with Gasteiger partial charge < -0.3 is 4.90 Å². The molecule has 0 unspecified atom stereocenters. The van der Waals surface area contributed by atoms with Crippen LogP contribution in [0.2, 0.25) is 0 Å². The van der Waals surface area contributed by atoms with Crippen LogP contribution in [-0.2, 0) is 5.41 Å². The van der Waals surface area contributed by atoms with Gasteiger partial charge in [0.15, 0.2) is 0 Å². The third-order valence-electron chi connectivity index (χ3n) is 9.65. The molecule has 0 bridgehead atoms. The fourth-order valence-electron chi connectivity index (χ4n) is 7.19. The fourth-order valence-corrected chi connectivity index (χ4v) is 8.18. The number of para-hydroxylation sites is 1. The van der Waals surface area contributed by atoms with Crippen molar-refractivity contribution < 1.29 is 0 Å². The first-order valence-electron chi connectivity index (χ1n) is 16.1. The molecule has 0 N–H and O–H groups in total. The molecular weight excluding hydrogens is 589 g/mol. The molecule has 47 heavy (non-hydrogen) atoms. The first-order chi connectivity index (χ1) is 23.0. The number of nitrogens with zero attached hydrogens (tertiary/aromatic N) is 2. The zero-order valence-electron chi connectivity index (χ0n) is 26.3. The Morgan fingerprint density at radius 3 is 1.79 bits per heavy atom. The Morgan fingerprint density at radius 2 is 1.06 bits per heavy atom. The van der Waals surface area contributed by atoms with E-state index in [4.69, 9.17) is 4.98 Å². The molecule has 0 atom stereocenters. The lowest BCUT2D eigenvalue weighted by atomic mass is 9.82. The van der Waals surface area contributed by atoms with Crippen LogP contribution in [0.1, 0.15) is 25.0 Å². The van der Waals surface area contributed by atoms with Gasteiger partial charge in [-0.1, -0.05) is 111 Å². The summed E-state index contributed by atoms with van der Waals surface area (Å²) in [6.45, 7) is 4.70. The number of fused-ring (bicyclic) bond motifs is 5. The maximum atomic E-state index is 5.07. The van der Waals surface area contributed by atoms with Crippen LogP contribution in [0.25, 0.3) is 53.8 Å². The summed E-state index contributed by atoms with van der Waals surface area (Å²) >= 11 is 1.78. The van der Waals surface area contributed by atoms with E-state index in [1.165, 1.54) is 54.4 Å². The van der Waals surface area contributed by atoms with Crippen LogP contribution >= 0.6 is 11.3 Å². The van der Waals surface area contributed by atoms with Crippen molar-refractivity contribution in [2.45, 2.75) is 19.3 Å². The van der Waals surface area contributed by atoms with E-state index in [9.17, 15) is 0 Å². The van der Waals surface area contributed by atoms with Gasteiger partial charge in [-0.15, -0.1) is 11.3 Å². The van der Waals surface area contributed by atoms with Gasteiger partial charge in [0.2, 0.25) is 0 Å². The lowest BCUT2D eigenvalue weighted by Crippen LogP contribution is -2.15. The molecular formula is C44H32N2S. The lowest BCUT2D eigenvalue weighted by Gasteiger charge is -2.26. The normalized spacial score (nSPS) is 13.1. The zero-order chi connectivity index (χ0) is 31.5. The summed E-state index contributed by atoms with van der Waals surface area (Å²) in [7, 11) is 0. The van der Waals surface area contributed by atoms with Crippen LogP contribution in [0.4, 0.5) is 17.1 Å². The second kappa shape index (κ2) is 10.8. The fraction of sp³-hybridized carbons (Fsp3) is 0.0682. The van der Waals surface area contributed by atoms with Crippen molar-refractivity contribution in [3.63, 3.8) is 0 Å². The van der Waals surface area contributed by atoms with Crippen molar-refractivity contribution in [2.75, 3.05) is 4.90 Å². The average molecular weight is 621 g/mol. The van der Waals surface area contributed by atoms with Crippen molar-refractivity contribution in [1.29, 1.82) is 0 Å². The third-order valence-corrected chi connectivity index (χ3v) is 10.7. The van der Waals surface area contributed by atoms with Crippen molar-refractivity contribution >= 4 is 49.4 Å². The van der Waals surface area contributed by atoms with E-state index in [0.29, 0.717) is 0 Å².